The minimum Gasteiger partial charge on any atom is -0.369 e. The molecule has 9 heteroatoms. The molecule has 8 nitrogen and oxygen atoms in total. The van der Waals surface area contributed by atoms with Crippen LogP contribution in [0.15, 0.2) is 24.3 Å². The number of nitrogens with zero attached hydrogens (tertiary/aromatic N) is 6. The Bertz CT molecular complexity index is 925. The van der Waals surface area contributed by atoms with Crippen LogP contribution in [0.1, 0.15) is 17.3 Å². The molecule has 1 N–H and O–H groups in total. The number of carbonyl (C=O) groups is 1. The molecular formula is C18H23N7OS. The number of amides is 1. The first-order valence-corrected chi connectivity index (χ1v) is 9.91. The summed E-state index contributed by atoms with van der Waals surface area (Å²) in [5.41, 5.74) is 2.03. The maximum Gasteiger partial charge on any atom is 0.234 e. The second-order valence-electron chi connectivity index (χ2n) is 6.82. The van der Waals surface area contributed by atoms with Crippen molar-refractivity contribution in [1.82, 2.24) is 24.7 Å². The van der Waals surface area contributed by atoms with E-state index in [0.717, 1.165) is 47.7 Å². The number of benzene rings is 1. The van der Waals surface area contributed by atoms with Crippen LogP contribution in [0.5, 0.6) is 0 Å². The summed E-state index contributed by atoms with van der Waals surface area (Å²) >= 11 is 1.47. The Morgan fingerprint density at radius 3 is 2.59 bits per heavy atom. The fraction of sp³-hybridized carbons (Fsp3) is 0.444. The molecular weight excluding hydrogens is 362 g/mol. The Morgan fingerprint density at radius 1 is 1.15 bits per heavy atom. The Morgan fingerprint density at radius 2 is 1.89 bits per heavy atom. The van der Waals surface area contributed by atoms with E-state index < -0.39 is 0 Å². The molecule has 1 aliphatic rings. The summed E-state index contributed by atoms with van der Waals surface area (Å²) in [6.45, 7) is 6.09. The number of carbonyl (C=O) groups excluding carboxylic acids is 1. The van der Waals surface area contributed by atoms with Crippen molar-refractivity contribution < 1.29 is 4.79 Å². The number of anilines is 2. The number of fused-ring (bicyclic) bond motifs is 1. The number of hydrogen-bond donors (Lipinski definition) is 1. The highest BCUT2D eigenvalue weighted by atomic mass is 32.1. The van der Waals surface area contributed by atoms with Crippen LogP contribution in [0, 0.1) is 6.92 Å². The number of piperazine rings is 1. The summed E-state index contributed by atoms with van der Waals surface area (Å²) in [7, 11) is 2.15. The average molecular weight is 385 g/mol. The van der Waals surface area contributed by atoms with Gasteiger partial charge in [0.1, 0.15) is 5.01 Å². The van der Waals surface area contributed by atoms with Gasteiger partial charge in [-0.1, -0.05) is 11.3 Å². The first kappa shape index (κ1) is 17.9. The van der Waals surface area contributed by atoms with Gasteiger partial charge in [0.15, 0.2) is 5.82 Å². The maximum absolute atomic E-state index is 12.2. The Hall–Kier alpha value is -2.52. The molecule has 3 aromatic rings. The first-order chi connectivity index (χ1) is 13.1. The van der Waals surface area contributed by atoms with Crippen LogP contribution in [0.4, 0.5) is 11.4 Å². The molecule has 1 saturated heterocycles. The van der Waals surface area contributed by atoms with E-state index in [1.807, 2.05) is 19.1 Å². The standard InChI is InChI=1S/C18H23N7OS/c1-13-20-21-18-25(13)22-17(27-18)8-7-16(26)19-14-3-5-15(6-4-14)24-11-9-23(2)10-12-24/h3-6H,7-12H2,1-2H3,(H,19,26). The minimum absolute atomic E-state index is 0.00923. The van der Waals surface area contributed by atoms with Gasteiger partial charge in [-0.3, -0.25) is 4.79 Å². The molecule has 0 bridgehead atoms. The van der Waals surface area contributed by atoms with Crippen molar-refractivity contribution in [2.75, 3.05) is 43.4 Å². The monoisotopic (exact) mass is 385 g/mol. The predicted octanol–water partition coefficient (Wildman–Crippen LogP) is 1.82. The summed E-state index contributed by atoms with van der Waals surface area (Å²) in [6.07, 6.45) is 0.988. The average Bonchev–Trinajstić information content (AvgIpc) is 3.23. The normalized spacial score (nSPS) is 15.4. The van der Waals surface area contributed by atoms with Gasteiger partial charge in [0, 0.05) is 50.4 Å². The van der Waals surface area contributed by atoms with Crippen molar-refractivity contribution >= 4 is 33.6 Å². The van der Waals surface area contributed by atoms with E-state index in [-0.39, 0.29) is 5.91 Å². The molecule has 142 valence electrons. The van der Waals surface area contributed by atoms with Gasteiger partial charge in [0.2, 0.25) is 10.9 Å². The van der Waals surface area contributed by atoms with Crippen LogP contribution in [0.2, 0.25) is 0 Å². The Labute approximate surface area is 161 Å². The van der Waals surface area contributed by atoms with E-state index in [0.29, 0.717) is 12.8 Å². The molecule has 4 rings (SSSR count). The molecule has 27 heavy (non-hydrogen) atoms. The van der Waals surface area contributed by atoms with Gasteiger partial charge >= 0.3 is 0 Å². The highest BCUT2D eigenvalue weighted by molar-refractivity contribution is 7.16. The number of hydrogen-bond acceptors (Lipinski definition) is 7. The number of nitrogens with one attached hydrogen (secondary N) is 1. The van der Waals surface area contributed by atoms with Crippen LogP contribution in [-0.2, 0) is 11.2 Å². The van der Waals surface area contributed by atoms with Crippen molar-refractivity contribution in [3.63, 3.8) is 0 Å². The predicted molar refractivity (Wildman–Crippen MR) is 106 cm³/mol. The van der Waals surface area contributed by atoms with Gasteiger partial charge in [-0.15, -0.1) is 10.2 Å². The smallest absolute Gasteiger partial charge is 0.234 e. The summed E-state index contributed by atoms with van der Waals surface area (Å²) < 4.78 is 1.72. The van der Waals surface area contributed by atoms with Gasteiger partial charge in [-0.2, -0.15) is 9.61 Å². The Balaban J connectivity index is 1.30. The van der Waals surface area contributed by atoms with Crippen molar-refractivity contribution in [1.29, 1.82) is 0 Å². The highest BCUT2D eigenvalue weighted by Crippen LogP contribution is 2.20. The van der Waals surface area contributed by atoms with E-state index in [4.69, 9.17) is 0 Å². The largest absolute Gasteiger partial charge is 0.369 e. The molecule has 0 atom stereocenters. The third-order valence-corrected chi connectivity index (χ3v) is 5.73. The molecule has 0 unspecified atom stereocenters. The van der Waals surface area contributed by atoms with Crippen LogP contribution in [-0.4, -0.2) is 63.8 Å². The van der Waals surface area contributed by atoms with Crippen LogP contribution < -0.4 is 10.2 Å². The summed E-state index contributed by atoms with van der Waals surface area (Å²) in [6, 6.07) is 8.09. The molecule has 0 aliphatic carbocycles. The molecule has 1 aliphatic heterocycles. The highest BCUT2D eigenvalue weighted by Gasteiger charge is 2.14. The molecule has 1 fully saturated rings. The second kappa shape index (κ2) is 7.61. The van der Waals surface area contributed by atoms with E-state index in [2.05, 4.69) is 49.6 Å². The zero-order valence-electron chi connectivity index (χ0n) is 15.6. The lowest BCUT2D eigenvalue weighted by molar-refractivity contribution is -0.116. The molecule has 2 aromatic heterocycles. The van der Waals surface area contributed by atoms with Gasteiger partial charge < -0.3 is 15.1 Å². The van der Waals surface area contributed by atoms with Gasteiger partial charge in [-0.05, 0) is 38.2 Å². The lowest BCUT2D eigenvalue weighted by atomic mass is 10.2. The van der Waals surface area contributed by atoms with E-state index in [1.54, 1.807) is 4.52 Å². The van der Waals surface area contributed by atoms with Gasteiger partial charge in [0.25, 0.3) is 0 Å². The zero-order valence-corrected chi connectivity index (χ0v) is 16.4. The van der Waals surface area contributed by atoms with E-state index in [1.165, 1.54) is 17.0 Å². The van der Waals surface area contributed by atoms with Crippen LogP contribution in [0.25, 0.3) is 4.96 Å². The number of rotatable bonds is 5. The number of likely N-dealkylation sites (N-methyl/N-ethyl adjacent to an activating group) is 1. The molecule has 0 spiro atoms. The third kappa shape index (κ3) is 4.09. The molecule has 0 radical (unpaired) electrons. The van der Waals surface area contributed by atoms with Crippen molar-refractivity contribution in [3.8, 4) is 0 Å². The first-order valence-electron chi connectivity index (χ1n) is 9.09. The molecule has 3 heterocycles. The zero-order chi connectivity index (χ0) is 18.8. The van der Waals surface area contributed by atoms with Crippen molar-refractivity contribution in [2.45, 2.75) is 19.8 Å². The second-order valence-corrected chi connectivity index (χ2v) is 7.86. The van der Waals surface area contributed by atoms with Crippen molar-refractivity contribution in [3.05, 3.63) is 35.1 Å². The molecule has 0 saturated carbocycles. The SMILES string of the molecule is Cc1nnc2sc(CCC(=O)Nc3ccc(N4CCN(C)CC4)cc3)nn12. The number of aromatic nitrogens is 4. The minimum atomic E-state index is -0.00923. The fourth-order valence-corrected chi connectivity index (χ4v) is 4.00. The topological polar surface area (TPSA) is 78.7 Å². The van der Waals surface area contributed by atoms with Crippen LogP contribution in [0.3, 0.4) is 0 Å². The fourth-order valence-electron chi connectivity index (χ4n) is 3.12. The van der Waals surface area contributed by atoms with Gasteiger partial charge in [-0.25, -0.2) is 0 Å². The van der Waals surface area contributed by atoms with Crippen LogP contribution >= 0.6 is 11.3 Å². The third-order valence-electron chi connectivity index (χ3n) is 4.77. The lowest BCUT2D eigenvalue weighted by Crippen LogP contribution is -2.44. The van der Waals surface area contributed by atoms with Gasteiger partial charge in [0.05, 0.1) is 0 Å². The van der Waals surface area contributed by atoms with E-state index in [9.17, 15) is 4.79 Å². The summed E-state index contributed by atoms with van der Waals surface area (Å²) in [4.78, 5) is 17.7. The molecule has 1 amide bonds. The number of aryl methyl sites for hydroxylation is 2. The van der Waals surface area contributed by atoms with Crippen molar-refractivity contribution in [2.24, 2.45) is 0 Å². The quantitative estimate of drug-likeness (QED) is 0.722. The molecule has 1 aromatic carbocycles. The lowest BCUT2D eigenvalue weighted by Gasteiger charge is -2.34. The summed E-state index contributed by atoms with van der Waals surface area (Å²) in [5.74, 6) is 0.752. The maximum atomic E-state index is 12.2. The van der Waals surface area contributed by atoms with E-state index >= 15 is 0 Å². The summed E-state index contributed by atoms with van der Waals surface area (Å²) in [5, 5.41) is 16.3. The Kier molecular flexibility index (Phi) is 5.04.